The van der Waals surface area contributed by atoms with Gasteiger partial charge < -0.3 is 10.1 Å². The number of anilines is 1. The van der Waals surface area contributed by atoms with Crippen LogP contribution in [0, 0.1) is 5.92 Å². The molecule has 1 aliphatic carbocycles. The van der Waals surface area contributed by atoms with Crippen LogP contribution in [0.3, 0.4) is 0 Å². The predicted octanol–water partition coefficient (Wildman–Crippen LogP) is 2.64. The first-order valence-electron chi connectivity index (χ1n) is 7.21. The van der Waals surface area contributed by atoms with E-state index in [1.54, 1.807) is 10.9 Å². The van der Waals surface area contributed by atoms with E-state index in [-0.39, 0.29) is 11.6 Å². The highest BCUT2D eigenvalue weighted by atomic mass is 79.9. The van der Waals surface area contributed by atoms with Gasteiger partial charge in [0.15, 0.2) is 0 Å². The van der Waals surface area contributed by atoms with Crippen LogP contribution in [0.15, 0.2) is 15.5 Å². The quantitative estimate of drug-likeness (QED) is 0.826. The summed E-state index contributed by atoms with van der Waals surface area (Å²) < 4.78 is 7.64. The van der Waals surface area contributed by atoms with Crippen molar-refractivity contribution in [3.05, 3.63) is 21.0 Å². The smallest absolute Gasteiger partial charge is 0.291 e. The molecule has 1 aromatic rings. The Morgan fingerprint density at radius 3 is 2.95 bits per heavy atom. The molecule has 0 aromatic carbocycles. The first-order chi connectivity index (χ1) is 9.61. The van der Waals surface area contributed by atoms with Gasteiger partial charge in [-0.05, 0) is 48.5 Å². The second-order valence-corrected chi connectivity index (χ2v) is 6.21. The average Bonchev–Trinajstić information content (AvgIpc) is 2.38. The summed E-state index contributed by atoms with van der Waals surface area (Å²) in [6.45, 7) is 5.93. The van der Waals surface area contributed by atoms with Crippen molar-refractivity contribution >= 4 is 21.6 Å². The number of nitrogens with zero attached hydrogens (tertiary/aromatic N) is 2. The first kappa shape index (κ1) is 15.5. The van der Waals surface area contributed by atoms with Crippen LogP contribution in [0.1, 0.15) is 33.1 Å². The summed E-state index contributed by atoms with van der Waals surface area (Å²) in [5, 5.41) is 7.43. The molecule has 0 spiro atoms. The highest BCUT2D eigenvalue weighted by Crippen LogP contribution is 2.27. The first-order valence-corrected chi connectivity index (χ1v) is 8.01. The molecular weight excluding hydrogens is 322 g/mol. The standard InChI is InChI=1S/C14H22BrN3O2/c1-3-20-9-10(2)17-13-12(15)7-16-18(14(13)19)8-11-5-4-6-11/h7,10-11,17H,3-6,8-9H2,1-2H3. The summed E-state index contributed by atoms with van der Waals surface area (Å²) in [5.74, 6) is 0.607. The van der Waals surface area contributed by atoms with Crippen LogP contribution in [0.4, 0.5) is 5.69 Å². The monoisotopic (exact) mass is 343 g/mol. The summed E-state index contributed by atoms with van der Waals surface area (Å²) in [7, 11) is 0. The van der Waals surface area contributed by atoms with Crippen molar-refractivity contribution in [3.8, 4) is 0 Å². The molecule has 112 valence electrons. The third-order valence-electron chi connectivity index (χ3n) is 3.62. The minimum Gasteiger partial charge on any atom is -0.380 e. The van der Waals surface area contributed by atoms with E-state index in [1.807, 2.05) is 13.8 Å². The molecule has 0 radical (unpaired) electrons. The van der Waals surface area contributed by atoms with Gasteiger partial charge in [0.25, 0.3) is 5.56 Å². The molecule has 0 aliphatic heterocycles. The zero-order valence-corrected chi connectivity index (χ0v) is 13.6. The number of hydrogen-bond acceptors (Lipinski definition) is 4. The van der Waals surface area contributed by atoms with Crippen LogP contribution in [-0.2, 0) is 11.3 Å². The molecule has 0 saturated heterocycles. The van der Waals surface area contributed by atoms with Crippen LogP contribution in [0.25, 0.3) is 0 Å². The van der Waals surface area contributed by atoms with Gasteiger partial charge in [-0.3, -0.25) is 4.79 Å². The molecule has 2 rings (SSSR count). The van der Waals surface area contributed by atoms with Crippen LogP contribution in [0.5, 0.6) is 0 Å². The van der Waals surface area contributed by atoms with Crippen molar-refractivity contribution in [1.29, 1.82) is 0 Å². The third kappa shape index (κ3) is 3.82. The Morgan fingerprint density at radius 1 is 1.60 bits per heavy atom. The Hall–Kier alpha value is -0.880. The molecule has 1 heterocycles. The van der Waals surface area contributed by atoms with E-state index in [4.69, 9.17) is 4.74 Å². The number of ether oxygens (including phenoxy) is 1. The minimum atomic E-state index is -0.0605. The molecule has 1 fully saturated rings. The fraction of sp³-hybridized carbons (Fsp3) is 0.714. The Kier molecular flexibility index (Phi) is 5.60. The molecule has 0 amide bonds. The molecule has 1 N–H and O–H groups in total. The van der Waals surface area contributed by atoms with Gasteiger partial charge in [-0.1, -0.05) is 6.42 Å². The van der Waals surface area contributed by atoms with Crippen LogP contribution in [-0.4, -0.2) is 29.0 Å². The maximum Gasteiger partial charge on any atom is 0.291 e. The maximum atomic E-state index is 12.4. The van der Waals surface area contributed by atoms with Gasteiger partial charge in [0.1, 0.15) is 5.69 Å². The van der Waals surface area contributed by atoms with Gasteiger partial charge in [-0.2, -0.15) is 5.10 Å². The number of rotatable bonds is 7. The van der Waals surface area contributed by atoms with Crippen molar-refractivity contribution in [2.24, 2.45) is 5.92 Å². The van der Waals surface area contributed by atoms with E-state index >= 15 is 0 Å². The van der Waals surface area contributed by atoms with E-state index in [0.717, 1.165) is 6.54 Å². The SMILES string of the molecule is CCOCC(C)Nc1c(Br)cnn(CC2CCC2)c1=O. The van der Waals surface area contributed by atoms with Crippen LogP contribution < -0.4 is 10.9 Å². The Balaban J connectivity index is 2.09. The van der Waals surface area contributed by atoms with Crippen molar-refractivity contribution in [1.82, 2.24) is 9.78 Å². The fourth-order valence-corrected chi connectivity index (χ4v) is 2.61. The molecule has 1 saturated carbocycles. The minimum absolute atomic E-state index is 0.0605. The lowest BCUT2D eigenvalue weighted by Gasteiger charge is -2.25. The highest BCUT2D eigenvalue weighted by molar-refractivity contribution is 9.10. The Labute approximate surface area is 127 Å². The van der Waals surface area contributed by atoms with Crippen molar-refractivity contribution in [2.75, 3.05) is 18.5 Å². The summed E-state index contributed by atoms with van der Waals surface area (Å²) in [4.78, 5) is 12.4. The maximum absolute atomic E-state index is 12.4. The van der Waals surface area contributed by atoms with Gasteiger partial charge in [-0.15, -0.1) is 0 Å². The van der Waals surface area contributed by atoms with Gasteiger partial charge >= 0.3 is 0 Å². The van der Waals surface area contributed by atoms with Crippen LogP contribution >= 0.6 is 15.9 Å². The Bertz CT molecular complexity index is 500. The molecular formula is C14H22BrN3O2. The molecule has 1 aromatic heterocycles. The summed E-state index contributed by atoms with van der Waals surface area (Å²) in [5.41, 5.74) is 0.515. The second-order valence-electron chi connectivity index (χ2n) is 5.36. The molecule has 20 heavy (non-hydrogen) atoms. The van der Waals surface area contributed by atoms with Gasteiger partial charge in [0.05, 0.1) is 17.3 Å². The zero-order chi connectivity index (χ0) is 14.5. The number of hydrogen-bond donors (Lipinski definition) is 1. The number of nitrogens with one attached hydrogen (secondary N) is 1. The highest BCUT2D eigenvalue weighted by Gasteiger charge is 2.20. The third-order valence-corrected chi connectivity index (χ3v) is 4.22. The topological polar surface area (TPSA) is 56.1 Å². The lowest BCUT2D eigenvalue weighted by molar-refractivity contribution is 0.141. The number of aromatic nitrogens is 2. The normalized spacial score (nSPS) is 16.8. The molecule has 0 bridgehead atoms. The molecule has 1 atom stereocenters. The second kappa shape index (κ2) is 7.22. The molecule has 1 unspecified atom stereocenters. The van der Waals surface area contributed by atoms with Crippen molar-refractivity contribution < 1.29 is 4.74 Å². The summed E-state index contributed by atoms with van der Waals surface area (Å²) in [6.07, 6.45) is 5.36. The van der Waals surface area contributed by atoms with E-state index in [1.165, 1.54) is 19.3 Å². The lowest BCUT2D eigenvalue weighted by Crippen LogP contribution is -2.33. The summed E-state index contributed by atoms with van der Waals surface area (Å²) in [6, 6.07) is 0.0819. The van der Waals surface area contributed by atoms with E-state index < -0.39 is 0 Å². The molecule has 6 heteroatoms. The fourth-order valence-electron chi connectivity index (χ4n) is 2.23. The summed E-state index contributed by atoms with van der Waals surface area (Å²) >= 11 is 3.40. The van der Waals surface area contributed by atoms with Gasteiger partial charge in [-0.25, -0.2) is 4.68 Å². The Morgan fingerprint density at radius 2 is 2.35 bits per heavy atom. The van der Waals surface area contributed by atoms with Crippen molar-refractivity contribution in [3.63, 3.8) is 0 Å². The van der Waals surface area contributed by atoms with E-state index in [9.17, 15) is 4.79 Å². The number of halogens is 1. The van der Waals surface area contributed by atoms with Gasteiger partial charge in [0, 0.05) is 19.2 Å². The predicted molar refractivity (Wildman–Crippen MR) is 83.1 cm³/mol. The van der Waals surface area contributed by atoms with E-state index in [2.05, 4.69) is 26.3 Å². The van der Waals surface area contributed by atoms with Gasteiger partial charge in [0.2, 0.25) is 0 Å². The zero-order valence-electron chi connectivity index (χ0n) is 12.1. The lowest BCUT2D eigenvalue weighted by atomic mass is 9.85. The van der Waals surface area contributed by atoms with E-state index in [0.29, 0.717) is 29.3 Å². The largest absolute Gasteiger partial charge is 0.380 e. The van der Waals surface area contributed by atoms with Crippen LogP contribution in [0.2, 0.25) is 0 Å². The average molecular weight is 344 g/mol. The molecule has 1 aliphatic rings. The molecule has 5 nitrogen and oxygen atoms in total. The van der Waals surface area contributed by atoms with Crippen molar-refractivity contribution in [2.45, 2.75) is 45.7 Å².